The van der Waals surface area contributed by atoms with Gasteiger partial charge in [0.1, 0.15) is 5.75 Å². The van der Waals surface area contributed by atoms with E-state index < -0.39 is 0 Å². The number of benzene rings is 1. The van der Waals surface area contributed by atoms with Gasteiger partial charge in [0.05, 0.1) is 19.4 Å². The van der Waals surface area contributed by atoms with Gasteiger partial charge in [0.2, 0.25) is 5.91 Å². The second-order valence-corrected chi connectivity index (χ2v) is 6.71. The van der Waals surface area contributed by atoms with Gasteiger partial charge < -0.3 is 14.5 Å². The van der Waals surface area contributed by atoms with E-state index in [2.05, 4.69) is 11.7 Å². The molecule has 1 unspecified atom stereocenters. The molecule has 25 heavy (non-hydrogen) atoms. The fourth-order valence-corrected chi connectivity index (χ4v) is 3.57. The third-order valence-electron chi connectivity index (χ3n) is 4.95. The summed E-state index contributed by atoms with van der Waals surface area (Å²) in [6.07, 6.45) is 6.72. The van der Waals surface area contributed by atoms with Crippen LogP contribution in [0.5, 0.6) is 5.75 Å². The van der Waals surface area contributed by atoms with Crippen LogP contribution in [0, 0.1) is 5.92 Å². The van der Waals surface area contributed by atoms with Crippen LogP contribution in [0.3, 0.4) is 0 Å². The number of amides is 1. The lowest BCUT2D eigenvalue weighted by Gasteiger charge is -2.26. The Labute approximate surface area is 149 Å². The van der Waals surface area contributed by atoms with Gasteiger partial charge in [-0.2, -0.15) is 0 Å². The predicted molar refractivity (Wildman–Crippen MR) is 97.8 cm³/mol. The van der Waals surface area contributed by atoms with Crippen molar-refractivity contribution < 1.29 is 14.4 Å². The average molecular weight is 342 g/mol. The minimum Gasteiger partial charge on any atom is -0.497 e. The number of hydrogen-bond donors (Lipinski definition) is 0. The summed E-state index contributed by atoms with van der Waals surface area (Å²) in [5.41, 5.74) is 1.94. The van der Waals surface area contributed by atoms with Gasteiger partial charge in [-0.25, -0.2) is 0 Å². The lowest BCUT2D eigenvalue weighted by atomic mass is 10.0. The summed E-state index contributed by atoms with van der Waals surface area (Å²) < 4.78 is 5.18. The second-order valence-electron chi connectivity index (χ2n) is 6.71. The highest BCUT2D eigenvalue weighted by molar-refractivity contribution is 6.01. The van der Waals surface area contributed by atoms with Crippen LogP contribution in [0.2, 0.25) is 0 Å². The van der Waals surface area contributed by atoms with Crippen molar-refractivity contribution in [2.24, 2.45) is 11.1 Å². The smallest absolute Gasteiger partial charge is 0.226 e. The van der Waals surface area contributed by atoms with E-state index in [0.29, 0.717) is 19.5 Å². The van der Waals surface area contributed by atoms with Gasteiger partial charge in [-0.05, 0) is 42.7 Å². The summed E-state index contributed by atoms with van der Waals surface area (Å²) >= 11 is 0. The number of oxime groups is 1. The molecule has 1 aliphatic heterocycles. The third-order valence-corrected chi connectivity index (χ3v) is 4.95. The molecule has 0 aromatic heterocycles. The molecular weight excluding hydrogens is 316 g/mol. The number of carbonyl (C=O) groups is 1. The molecule has 1 aromatic rings. The summed E-state index contributed by atoms with van der Waals surface area (Å²) in [7, 11) is 1.65. The molecular formula is C20H26N2O3. The van der Waals surface area contributed by atoms with Crippen LogP contribution < -0.4 is 4.74 Å². The molecule has 0 bridgehead atoms. The number of rotatable bonds is 7. The Balaban J connectivity index is 1.58. The highest BCUT2D eigenvalue weighted by Crippen LogP contribution is 2.27. The maximum absolute atomic E-state index is 12.7. The second kappa shape index (κ2) is 8.19. The molecule has 1 atom stereocenters. The number of ether oxygens (including phenoxy) is 1. The van der Waals surface area contributed by atoms with Gasteiger partial charge in [0.25, 0.3) is 0 Å². The molecule has 1 aromatic carbocycles. The van der Waals surface area contributed by atoms with Crippen LogP contribution in [0.25, 0.3) is 0 Å². The molecule has 0 radical (unpaired) electrons. The molecule has 3 rings (SSSR count). The summed E-state index contributed by atoms with van der Waals surface area (Å²) in [6.45, 7) is 4.91. The molecule has 0 saturated heterocycles. The van der Waals surface area contributed by atoms with E-state index >= 15 is 0 Å². The molecule has 1 saturated carbocycles. The fraction of sp³-hybridized carbons (Fsp3) is 0.500. The Morgan fingerprint density at radius 3 is 2.72 bits per heavy atom. The number of methoxy groups -OCH3 is 1. The standard InChI is InChI=1S/C20H26N2O3/c1-3-12-22(20(23)16-6-4-5-7-16)14-18-13-19(21-25-18)15-8-10-17(24-2)11-9-15/h3,8-11,16,18H,1,4-7,12-14H2,2H3. The van der Waals surface area contributed by atoms with E-state index in [0.717, 1.165) is 42.7 Å². The summed E-state index contributed by atoms with van der Waals surface area (Å²) in [4.78, 5) is 20.2. The van der Waals surface area contributed by atoms with Crippen LogP contribution in [0.4, 0.5) is 0 Å². The highest BCUT2D eigenvalue weighted by Gasteiger charge is 2.30. The van der Waals surface area contributed by atoms with Gasteiger partial charge in [0.15, 0.2) is 6.10 Å². The Kier molecular flexibility index (Phi) is 5.74. The van der Waals surface area contributed by atoms with Crippen LogP contribution in [-0.4, -0.2) is 42.8 Å². The minimum atomic E-state index is -0.0950. The van der Waals surface area contributed by atoms with Crippen molar-refractivity contribution in [2.45, 2.75) is 38.2 Å². The first-order chi connectivity index (χ1) is 12.2. The largest absolute Gasteiger partial charge is 0.497 e. The Hall–Kier alpha value is -2.30. The van der Waals surface area contributed by atoms with Crippen molar-refractivity contribution in [3.63, 3.8) is 0 Å². The van der Waals surface area contributed by atoms with E-state index in [9.17, 15) is 4.79 Å². The molecule has 5 nitrogen and oxygen atoms in total. The minimum absolute atomic E-state index is 0.0950. The summed E-state index contributed by atoms with van der Waals surface area (Å²) in [5, 5.41) is 4.22. The van der Waals surface area contributed by atoms with Crippen molar-refractivity contribution in [1.82, 2.24) is 4.90 Å². The van der Waals surface area contributed by atoms with Crippen molar-refractivity contribution in [1.29, 1.82) is 0 Å². The van der Waals surface area contributed by atoms with Crippen molar-refractivity contribution in [3.8, 4) is 5.75 Å². The van der Waals surface area contributed by atoms with Gasteiger partial charge in [-0.15, -0.1) is 6.58 Å². The molecule has 2 aliphatic rings. The highest BCUT2D eigenvalue weighted by atomic mass is 16.6. The van der Waals surface area contributed by atoms with E-state index in [-0.39, 0.29) is 17.9 Å². The average Bonchev–Trinajstić information content (AvgIpc) is 3.33. The van der Waals surface area contributed by atoms with Crippen LogP contribution >= 0.6 is 0 Å². The monoisotopic (exact) mass is 342 g/mol. The quantitative estimate of drug-likeness (QED) is 0.714. The number of nitrogens with zero attached hydrogens (tertiary/aromatic N) is 2. The first-order valence-electron chi connectivity index (χ1n) is 8.98. The van der Waals surface area contributed by atoms with Crippen LogP contribution in [0.1, 0.15) is 37.7 Å². The van der Waals surface area contributed by atoms with Gasteiger partial charge in [0, 0.05) is 18.9 Å². The van der Waals surface area contributed by atoms with Crippen molar-refractivity contribution in [2.75, 3.05) is 20.2 Å². The Morgan fingerprint density at radius 2 is 2.08 bits per heavy atom. The lowest BCUT2D eigenvalue weighted by molar-refractivity contribution is -0.136. The van der Waals surface area contributed by atoms with Crippen LogP contribution in [-0.2, 0) is 9.63 Å². The molecule has 1 aliphatic carbocycles. The molecule has 5 heteroatoms. The summed E-state index contributed by atoms with van der Waals surface area (Å²) in [6, 6.07) is 7.79. The first-order valence-corrected chi connectivity index (χ1v) is 8.98. The Morgan fingerprint density at radius 1 is 1.36 bits per heavy atom. The van der Waals surface area contributed by atoms with Gasteiger partial charge in [-0.3, -0.25) is 4.79 Å². The summed E-state index contributed by atoms with van der Waals surface area (Å²) in [5.74, 6) is 1.22. The zero-order valence-corrected chi connectivity index (χ0v) is 14.8. The lowest BCUT2D eigenvalue weighted by Crippen LogP contribution is -2.40. The Bertz CT molecular complexity index is 633. The van der Waals surface area contributed by atoms with Crippen molar-refractivity contribution in [3.05, 3.63) is 42.5 Å². The molecule has 0 N–H and O–H groups in total. The predicted octanol–water partition coefficient (Wildman–Crippen LogP) is 3.39. The zero-order chi connectivity index (χ0) is 17.6. The SMILES string of the molecule is C=CCN(CC1CC(c2ccc(OC)cc2)=NO1)C(=O)C1CCCC1. The maximum Gasteiger partial charge on any atom is 0.226 e. The number of carbonyl (C=O) groups excluding carboxylic acids is 1. The first kappa shape index (κ1) is 17.5. The molecule has 1 heterocycles. The zero-order valence-electron chi connectivity index (χ0n) is 14.8. The topological polar surface area (TPSA) is 51.1 Å². The fourth-order valence-electron chi connectivity index (χ4n) is 3.57. The van der Waals surface area contributed by atoms with E-state index in [1.807, 2.05) is 29.2 Å². The van der Waals surface area contributed by atoms with Gasteiger partial charge >= 0.3 is 0 Å². The van der Waals surface area contributed by atoms with E-state index in [4.69, 9.17) is 9.57 Å². The molecule has 0 spiro atoms. The molecule has 1 fully saturated rings. The van der Waals surface area contributed by atoms with Crippen LogP contribution in [0.15, 0.2) is 42.1 Å². The third kappa shape index (κ3) is 4.21. The normalized spacial score (nSPS) is 20.0. The molecule has 1 amide bonds. The van der Waals surface area contributed by atoms with Crippen molar-refractivity contribution >= 4 is 11.6 Å². The molecule has 134 valence electrons. The van der Waals surface area contributed by atoms with E-state index in [1.54, 1.807) is 13.2 Å². The number of hydrogen-bond acceptors (Lipinski definition) is 4. The maximum atomic E-state index is 12.7. The van der Waals surface area contributed by atoms with E-state index in [1.165, 1.54) is 0 Å². The van der Waals surface area contributed by atoms with Gasteiger partial charge in [-0.1, -0.05) is 24.1 Å².